The fourth-order valence-electron chi connectivity index (χ4n) is 4.21. The molecule has 30 heavy (non-hydrogen) atoms. The number of carbonyl (C=O) groups excluding carboxylic acids is 1. The number of anilines is 1. The number of rotatable bonds is 4. The topological polar surface area (TPSA) is 33.2 Å². The van der Waals surface area contributed by atoms with Crippen molar-refractivity contribution >= 4 is 39.4 Å². The standard InChI is InChI=1S/C27H24N2O/c30-26(23-13-12-20-8-2-3-9-21(20)18-23)15-14-24-19-22-10-4-5-11-25(22)28-27(24)29-16-6-1-7-17-29/h2-5,8-15,18-19H,1,6-7,16-17H2/b15-14+. The molecule has 0 N–H and O–H groups in total. The Morgan fingerprint density at radius 1 is 0.800 bits per heavy atom. The third-order valence-electron chi connectivity index (χ3n) is 5.84. The summed E-state index contributed by atoms with van der Waals surface area (Å²) in [6.07, 6.45) is 7.27. The second-order valence-electron chi connectivity index (χ2n) is 7.90. The lowest BCUT2D eigenvalue weighted by Crippen LogP contribution is -2.30. The molecule has 0 radical (unpaired) electrons. The molecule has 3 nitrogen and oxygen atoms in total. The molecule has 4 aromatic rings. The Hall–Kier alpha value is -3.46. The van der Waals surface area contributed by atoms with Crippen LogP contribution in [-0.2, 0) is 0 Å². The van der Waals surface area contributed by atoms with Gasteiger partial charge in [-0.15, -0.1) is 0 Å². The number of pyridine rings is 1. The quantitative estimate of drug-likeness (QED) is 0.303. The molecule has 148 valence electrons. The molecule has 2 heterocycles. The van der Waals surface area contributed by atoms with E-state index in [0.29, 0.717) is 5.56 Å². The lowest BCUT2D eigenvalue weighted by atomic mass is 10.0. The summed E-state index contributed by atoms with van der Waals surface area (Å²) < 4.78 is 0. The van der Waals surface area contributed by atoms with E-state index in [9.17, 15) is 4.79 Å². The van der Waals surface area contributed by atoms with Crippen molar-refractivity contribution in [3.8, 4) is 0 Å². The number of nitrogens with zero attached hydrogens (tertiary/aromatic N) is 2. The average Bonchev–Trinajstić information content (AvgIpc) is 2.82. The van der Waals surface area contributed by atoms with E-state index in [2.05, 4.69) is 29.2 Å². The SMILES string of the molecule is O=C(/C=C/c1cc2ccccc2nc1N1CCCCC1)c1ccc2ccccc2c1. The fraction of sp³-hybridized carbons (Fsp3) is 0.185. The minimum absolute atomic E-state index is 0.0125. The molecule has 5 rings (SSSR count). The van der Waals surface area contributed by atoms with Crippen molar-refractivity contribution in [1.29, 1.82) is 0 Å². The van der Waals surface area contributed by atoms with Gasteiger partial charge in [0, 0.05) is 29.6 Å². The van der Waals surface area contributed by atoms with E-state index < -0.39 is 0 Å². The van der Waals surface area contributed by atoms with Crippen molar-refractivity contribution in [3.63, 3.8) is 0 Å². The van der Waals surface area contributed by atoms with Crippen LogP contribution in [0.5, 0.6) is 0 Å². The zero-order valence-electron chi connectivity index (χ0n) is 16.9. The van der Waals surface area contributed by atoms with Gasteiger partial charge in [-0.05, 0) is 60.4 Å². The first kappa shape index (κ1) is 18.6. The Bertz CT molecular complexity index is 1250. The number of piperidine rings is 1. The van der Waals surface area contributed by atoms with Gasteiger partial charge in [-0.25, -0.2) is 4.98 Å². The van der Waals surface area contributed by atoms with Crippen LogP contribution in [0, 0.1) is 0 Å². The Balaban J connectivity index is 1.50. The molecule has 1 saturated heterocycles. The van der Waals surface area contributed by atoms with Crippen molar-refractivity contribution in [2.45, 2.75) is 19.3 Å². The number of hydrogen-bond donors (Lipinski definition) is 0. The summed E-state index contributed by atoms with van der Waals surface area (Å²) in [5.41, 5.74) is 2.71. The molecule has 1 aliphatic heterocycles. The predicted octanol–water partition coefficient (Wildman–Crippen LogP) is 6.27. The van der Waals surface area contributed by atoms with Gasteiger partial charge in [0.05, 0.1) is 5.52 Å². The number of allylic oxidation sites excluding steroid dienone is 1. The van der Waals surface area contributed by atoms with Crippen molar-refractivity contribution < 1.29 is 4.79 Å². The second kappa shape index (κ2) is 8.11. The van der Waals surface area contributed by atoms with Crippen LogP contribution in [0.4, 0.5) is 5.82 Å². The van der Waals surface area contributed by atoms with Gasteiger partial charge in [0.2, 0.25) is 0 Å². The summed E-state index contributed by atoms with van der Waals surface area (Å²) in [4.78, 5) is 20.2. The van der Waals surface area contributed by atoms with Crippen LogP contribution in [-0.4, -0.2) is 23.9 Å². The van der Waals surface area contributed by atoms with E-state index in [1.54, 1.807) is 6.08 Å². The van der Waals surface area contributed by atoms with Crippen LogP contribution in [0.25, 0.3) is 27.8 Å². The van der Waals surface area contributed by atoms with E-state index in [-0.39, 0.29) is 5.78 Å². The van der Waals surface area contributed by atoms with Crippen LogP contribution in [0.1, 0.15) is 35.2 Å². The molecule has 3 aromatic carbocycles. The largest absolute Gasteiger partial charge is 0.356 e. The molecule has 0 spiro atoms. The third kappa shape index (κ3) is 3.71. The van der Waals surface area contributed by atoms with Crippen molar-refractivity contribution in [3.05, 3.63) is 90.0 Å². The molecule has 0 amide bonds. The number of carbonyl (C=O) groups is 1. The third-order valence-corrected chi connectivity index (χ3v) is 5.84. The Morgan fingerprint density at radius 2 is 1.53 bits per heavy atom. The van der Waals surface area contributed by atoms with E-state index in [1.807, 2.05) is 54.6 Å². The number of hydrogen-bond acceptors (Lipinski definition) is 3. The normalized spacial score (nSPS) is 14.6. The summed E-state index contributed by atoms with van der Waals surface area (Å²) >= 11 is 0. The van der Waals surface area contributed by atoms with Crippen LogP contribution in [0.3, 0.4) is 0 Å². The van der Waals surface area contributed by atoms with Gasteiger partial charge in [-0.1, -0.05) is 54.6 Å². The van der Waals surface area contributed by atoms with E-state index >= 15 is 0 Å². The Kier molecular flexibility index (Phi) is 5.02. The zero-order chi connectivity index (χ0) is 20.3. The highest BCUT2D eigenvalue weighted by molar-refractivity contribution is 6.09. The maximum Gasteiger partial charge on any atom is 0.185 e. The molecule has 1 aliphatic rings. The average molecular weight is 393 g/mol. The lowest BCUT2D eigenvalue weighted by Gasteiger charge is -2.29. The van der Waals surface area contributed by atoms with E-state index in [1.165, 1.54) is 19.3 Å². The maximum atomic E-state index is 12.9. The fourth-order valence-corrected chi connectivity index (χ4v) is 4.21. The first-order valence-corrected chi connectivity index (χ1v) is 10.6. The first-order valence-electron chi connectivity index (χ1n) is 10.6. The molecule has 3 heteroatoms. The summed E-state index contributed by atoms with van der Waals surface area (Å²) in [6.45, 7) is 2.04. The van der Waals surface area contributed by atoms with Crippen molar-refractivity contribution in [2.24, 2.45) is 0 Å². The van der Waals surface area contributed by atoms with Gasteiger partial charge in [0.1, 0.15) is 5.82 Å². The smallest absolute Gasteiger partial charge is 0.185 e. The van der Waals surface area contributed by atoms with Gasteiger partial charge in [-0.2, -0.15) is 0 Å². The predicted molar refractivity (Wildman–Crippen MR) is 125 cm³/mol. The van der Waals surface area contributed by atoms with Gasteiger partial charge in [0.25, 0.3) is 0 Å². The number of fused-ring (bicyclic) bond motifs is 2. The Labute approximate surface area is 176 Å². The molecule has 1 aromatic heterocycles. The Morgan fingerprint density at radius 3 is 2.37 bits per heavy atom. The highest BCUT2D eigenvalue weighted by Gasteiger charge is 2.16. The van der Waals surface area contributed by atoms with Crippen LogP contribution < -0.4 is 4.90 Å². The molecule has 0 unspecified atom stereocenters. The second-order valence-corrected chi connectivity index (χ2v) is 7.90. The number of benzene rings is 3. The maximum absolute atomic E-state index is 12.9. The number of aromatic nitrogens is 1. The van der Waals surface area contributed by atoms with Gasteiger partial charge < -0.3 is 4.90 Å². The zero-order valence-corrected chi connectivity index (χ0v) is 16.9. The molecule has 0 saturated carbocycles. The van der Waals surface area contributed by atoms with E-state index in [4.69, 9.17) is 4.98 Å². The molecule has 1 fully saturated rings. The first-order chi connectivity index (χ1) is 14.8. The summed E-state index contributed by atoms with van der Waals surface area (Å²) in [5.74, 6) is 0.995. The van der Waals surface area contributed by atoms with Gasteiger partial charge in [-0.3, -0.25) is 4.79 Å². The molecular formula is C27H24N2O. The van der Waals surface area contributed by atoms with Crippen molar-refractivity contribution in [1.82, 2.24) is 4.98 Å². The highest BCUT2D eigenvalue weighted by Crippen LogP contribution is 2.27. The molecule has 0 bridgehead atoms. The minimum atomic E-state index is 0.0125. The van der Waals surface area contributed by atoms with Crippen LogP contribution >= 0.6 is 0 Å². The number of para-hydroxylation sites is 1. The number of ketones is 1. The van der Waals surface area contributed by atoms with Gasteiger partial charge in [0.15, 0.2) is 5.78 Å². The van der Waals surface area contributed by atoms with E-state index in [0.717, 1.165) is 46.1 Å². The summed E-state index contributed by atoms with van der Waals surface area (Å²) in [5, 5.41) is 3.32. The summed E-state index contributed by atoms with van der Waals surface area (Å²) in [7, 11) is 0. The molecular weight excluding hydrogens is 368 g/mol. The van der Waals surface area contributed by atoms with Crippen LogP contribution in [0.2, 0.25) is 0 Å². The summed E-state index contributed by atoms with van der Waals surface area (Å²) in [6, 6.07) is 24.3. The molecule has 0 atom stereocenters. The lowest BCUT2D eigenvalue weighted by molar-refractivity contribution is 0.104. The molecule has 0 aliphatic carbocycles. The van der Waals surface area contributed by atoms with Crippen molar-refractivity contribution in [2.75, 3.05) is 18.0 Å². The monoisotopic (exact) mass is 392 g/mol. The highest BCUT2D eigenvalue weighted by atomic mass is 16.1. The van der Waals surface area contributed by atoms with Gasteiger partial charge >= 0.3 is 0 Å². The van der Waals surface area contributed by atoms with Crippen LogP contribution in [0.15, 0.2) is 78.9 Å². The minimum Gasteiger partial charge on any atom is -0.356 e.